The molecule has 180 valence electrons. The Bertz CT molecular complexity index is 1130. The molecule has 2 atom stereocenters. The first-order valence-corrected chi connectivity index (χ1v) is 12.2. The first-order chi connectivity index (χ1) is 16.5. The van der Waals surface area contributed by atoms with Gasteiger partial charge < -0.3 is 20.2 Å². The van der Waals surface area contributed by atoms with E-state index >= 15 is 0 Å². The van der Waals surface area contributed by atoms with Crippen LogP contribution in [0.4, 0.5) is 17.6 Å². The molecule has 34 heavy (non-hydrogen) atoms. The predicted octanol–water partition coefficient (Wildman–Crippen LogP) is 2.95. The van der Waals surface area contributed by atoms with Crippen molar-refractivity contribution in [1.29, 1.82) is 0 Å². The molecule has 0 bridgehead atoms. The number of piperazine rings is 1. The van der Waals surface area contributed by atoms with E-state index in [0.29, 0.717) is 23.5 Å². The van der Waals surface area contributed by atoms with Crippen molar-refractivity contribution >= 4 is 28.5 Å². The van der Waals surface area contributed by atoms with Crippen LogP contribution >= 0.6 is 0 Å². The maximum atomic E-state index is 10.2. The zero-order valence-electron chi connectivity index (χ0n) is 20.3. The molecular formula is C25H34N8O. The average Bonchev–Trinajstić information content (AvgIpc) is 3.26. The van der Waals surface area contributed by atoms with Crippen LogP contribution < -0.4 is 10.2 Å². The van der Waals surface area contributed by atoms with Gasteiger partial charge in [-0.05, 0) is 51.4 Å². The maximum Gasteiger partial charge on any atom is 0.229 e. The van der Waals surface area contributed by atoms with Crippen LogP contribution in [0.2, 0.25) is 0 Å². The zero-order chi connectivity index (χ0) is 23.7. The number of anilines is 3. The van der Waals surface area contributed by atoms with Gasteiger partial charge in [0, 0.05) is 63.1 Å². The minimum atomic E-state index is -0.646. The second-order valence-corrected chi connectivity index (χ2v) is 9.62. The van der Waals surface area contributed by atoms with E-state index in [-0.39, 0.29) is 0 Å². The smallest absolute Gasteiger partial charge is 0.229 e. The van der Waals surface area contributed by atoms with Crippen molar-refractivity contribution in [3.05, 3.63) is 41.9 Å². The summed E-state index contributed by atoms with van der Waals surface area (Å²) in [6.07, 6.45) is 5.33. The minimum absolute atomic E-state index is 0.390. The number of aliphatic hydroxyl groups is 1. The SMILES string of the molecule is CC(O)c1cc2cnc(Nc3ccc(CN4CCN(C)CC4)cn3)nc2c(N2CCC[C@@H]2C)n1. The van der Waals surface area contributed by atoms with Crippen LogP contribution in [-0.2, 0) is 6.54 Å². The molecule has 1 unspecified atom stereocenters. The van der Waals surface area contributed by atoms with E-state index in [0.717, 1.165) is 68.8 Å². The van der Waals surface area contributed by atoms with Gasteiger partial charge in [-0.1, -0.05) is 6.07 Å². The van der Waals surface area contributed by atoms with E-state index in [1.54, 1.807) is 13.1 Å². The van der Waals surface area contributed by atoms with Gasteiger partial charge in [0.05, 0.1) is 11.8 Å². The Morgan fingerprint density at radius 3 is 2.59 bits per heavy atom. The van der Waals surface area contributed by atoms with Crippen LogP contribution in [-0.4, -0.2) is 80.7 Å². The number of aliphatic hydroxyl groups excluding tert-OH is 1. The van der Waals surface area contributed by atoms with Crippen LogP contribution in [0.1, 0.15) is 44.1 Å². The van der Waals surface area contributed by atoms with Gasteiger partial charge in [-0.25, -0.2) is 19.9 Å². The van der Waals surface area contributed by atoms with Crippen LogP contribution in [0.3, 0.4) is 0 Å². The lowest BCUT2D eigenvalue weighted by molar-refractivity contribution is 0.148. The van der Waals surface area contributed by atoms with E-state index in [1.807, 2.05) is 18.3 Å². The first kappa shape index (κ1) is 22.9. The molecule has 0 aromatic carbocycles. The lowest BCUT2D eigenvalue weighted by Gasteiger charge is -2.32. The molecule has 0 saturated carbocycles. The van der Waals surface area contributed by atoms with Crippen LogP contribution in [0, 0.1) is 0 Å². The Hall–Kier alpha value is -2.88. The molecule has 2 aliphatic heterocycles. The van der Waals surface area contributed by atoms with Gasteiger partial charge in [0.25, 0.3) is 0 Å². The molecule has 5 rings (SSSR count). The van der Waals surface area contributed by atoms with Crippen molar-refractivity contribution < 1.29 is 5.11 Å². The molecule has 2 N–H and O–H groups in total. The summed E-state index contributed by atoms with van der Waals surface area (Å²) in [6.45, 7) is 10.2. The van der Waals surface area contributed by atoms with Crippen LogP contribution in [0.25, 0.3) is 10.9 Å². The van der Waals surface area contributed by atoms with E-state index < -0.39 is 6.10 Å². The highest BCUT2D eigenvalue weighted by Gasteiger charge is 2.25. The monoisotopic (exact) mass is 462 g/mol. The fourth-order valence-corrected chi connectivity index (χ4v) is 4.74. The summed E-state index contributed by atoms with van der Waals surface area (Å²) in [5.74, 6) is 2.02. The second-order valence-electron chi connectivity index (χ2n) is 9.62. The summed E-state index contributed by atoms with van der Waals surface area (Å²) >= 11 is 0. The van der Waals surface area contributed by atoms with Crippen molar-refractivity contribution in [1.82, 2.24) is 29.7 Å². The van der Waals surface area contributed by atoms with E-state index in [2.05, 4.69) is 50.0 Å². The molecule has 2 saturated heterocycles. The van der Waals surface area contributed by atoms with Gasteiger partial charge in [0.1, 0.15) is 11.3 Å². The minimum Gasteiger partial charge on any atom is -0.387 e. The molecule has 5 heterocycles. The molecule has 0 spiro atoms. The number of nitrogens with one attached hydrogen (secondary N) is 1. The molecular weight excluding hydrogens is 428 g/mol. The van der Waals surface area contributed by atoms with Gasteiger partial charge in [-0.2, -0.15) is 0 Å². The molecule has 9 nitrogen and oxygen atoms in total. The predicted molar refractivity (Wildman–Crippen MR) is 134 cm³/mol. The molecule has 9 heteroatoms. The van der Waals surface area contributed by atoms with Crippen molar-refractivity contribution in [2.24, 2.45) is 0 Å². The molecule has 0 amide bonds. The fourth-order valence-electron chi connectivity index (χ4n) is 4.74. The topological polar surface area (TPSA) is 93.5 Å². The van der Waals surface area contributed by atoms with Gasteiger partial charge in [-0.15, -0.1) is 0 Å². The summed E-state index contributed by atoms with van der Waals surface area (Å²) in [6, 6.07) is 6.36. The van der Waals surface area contributed by atoms with Crippen molar-refractivity contribution in [2.45, 2.75) is 45.4 Å². The van der Waals surface area contributed by atoms with E-state index in [4.69, 9.17) is 9.97 Å². The van der Waals surface area contributed by atoms with Crippen LogP contribution in [0.15, 0.2) is 30.6 Å². The van der Waals surface area contributed by atoms with Crippen molar-refractivity contribution in [2.75, 3.05) is 50.0 Å². The lowest BCUT2D eigenvalue weighted by Crippen LogP contribution is -2.43. The molecule has 2 fully saturated rings. The molecule has 0 radical (unpaired) electrons. The largest absolute Gasteiger partial charge is 0.387 e. The Balaban J connectivity index is 1.36. The van der Waals surface area contributed by atoms with Gasteiger partial charge in [0.15, 0.2) is 5.82 Å². The molecule has 3 aromatic heterocycles. The third-order valence-corrected chi connectivity index (χ3v) is 6.89. The lowest BCUT2D eigenvalue weighted by atomic mass is 10.2. The average molecular weight is 463 g/mol. The highest BCUT2D eigenvalue weighted by Crippen LogP contribution is 2.32. The normalized spacial score (nSPS) is 20.7. The van der Waals surface area contributed by atoms with Crippen LogP contribution in [0.5, 0.6) is 0 Å². The maximum absolute atomic E-state index is 10.2. The number of fused-ring (bicyclic) bond motifs is 1. The number of likely N-dealkylation sites (N-methyl/N-ethyl adjacent to an activating group) is 1. The number of nitrogens with zero attached hydrogens (tertiary/aromatic N) is 7. The standard InChI is InChI=1S/C25H34N8O/c1-17-5-4-8-33(17)24-23-20(13-21(28-24)18(2)34)15-27-25(30-23)29-22-7-6-19(14-26-22)16-32-11-9-31(3)10-12-32/h6-7,13-15,17-18,34H,4-5,8-12,16H2,1-3H3,(H,26,27,29,30)/t17-,18?/m0/s1. The Morgan fingerprint density at radius 1 is 1.09 bits per heavy atom. The zero-order valence-corrected chi connectivity index (χ0v) is 20.3. The number of pyridine rings is 2. The van der Waals surface area contributed by atoms with Crippen molar-refractivity contribution in [3.8, 4) is 0 Å². The first-order valence-electron chi connectivity index (χ1n) is 12.2. The third kappa shape index (κ3) is 4.96. The quantitative estimate of drug-likeness (QED) is 0.573. The Labute approximate surface area is 200 Å². The summed E-state index contributed by atoms with van der Waals surface area (Å²) in [5, 5.41) is 14.3. The number of rotatable bonds is 6. The van der Waals surface area contributed by atoms with E-state index in [9.17, 15) is 5.11 Å². The van der Waals surface area contributed by atoms with E-state index in [1.165, 1.54) is 5.56 Å². The summed E-state index contributed by atoms with van der Waals surface area (Å²) in [7, 11) is 2.17. The summed E-state index contributed by atoms with van der Waals surface area (Å²) in [4.78, 5) is 25.8. The fraction of sp³-hybridized carbons (Fsp3) is 0.520. The molecule has 3 aromatic rings. The number of aromatic nitrogens is 4. The van der Waals surface area contributed by atoms with Gasteiger partial charge in [0.2, 0.25) is 5.95 Å². The van der Waals surface area contributed by atoms with Crippen molar-refractivity contribution in [3.63, 3.8) is 0 Å². The second kappa shape index (κ2) is 9.77. The summed E-state index contributed by atoms with van der Waals surface area (Å²) < 4.78 is 0. The Morgan fingerprint density at radius 2 is 1.91 bits per heavy atom. The Kier molecular flexibility index (Phi) is 6.58. The highest BCUT2D eigenvalue weighted by atomic mass is 16.3. The number of hydrogen-bond donors (Lipinski definition) is 2. The number of hydrogen-bond acceptors (Lipinski definition) is 9. The third-order valence-electron chi connectivity index (χ3n) is 6.89. The summed E-state index contributed by atoms with van der Waals surface area (Å²) in [5.41, 5.74) is 2.64. The van der Waals surface area contributed by atoms with Gasteiger partial charge in [-0.3, -0.25) is 4.90 Å². The van der Waals surface area contributed by atoms with Gasteiger partial charge >= 0.3 is 0 Å². The highest BCUT2D eigenvalue weighted by molar-refractivity contribution is 5.89. The molecule has 0 aliphatic carbocycles. The molecule has 2 aliphatic rings.